The van der Waals surface area contributed by atoms with Crippen molar-refractivity contribution in [1.82, 2.24) is 5.32 Å². The molecule has 0 aliphatic heterocycles. The Hall–Kier alpha value is -1.66. The lowest BCUT2D eigenvalue weighted by molar-refractivity contribution is -0.143. The van der Waals surface area contributed by atoms with Gasteiger partial charge in [0.2, 0.25) is 5.91 Å². The van der Waals surface area contributed by atoms with Gasteiger partial charge in [0.1, 0.15) is 0 Å². The van der Waals surface area contributed by atoms with Crippen LogP contribution < -0.4 is 5.32 Å². The van der Waals surface area contributed by atoms with Crippen LogP contribution in [0.2, 0.25) is 0 Å². The Morgan fingerprint density at radius 2 is 0.644 bits per heavy atom. The number of aliphatic hydroxyl groups excluding tert-OH is 2. The van der Waals surface area contributed by atoms with Crippen LogP contribution in [0.1, 0.15) is 367 Å². The summed E-state index contributed by atoms with van der Waals surface area (Å²) >= 11 is 0. The van der Waals surface area contributed by atoms with Gasteiger partial charge in [-0.15, -0.1) is 0 Å². The summed E-state index contributed by atoms with van der Waals surface area (Å²) in [5.74, 6) is -0.0802. The average molecular weight is 1030 g/mol. The van der Waals surface area contributed by atoms with Crippen LogP contribution in [0.4, 0.5) is 0 Å². The summed E-state index contributed by atoms with van der Waals surface area (Å²) in [7, 11) is 0. The van der Waals surface area contributed by atoms with Gasteiger partial charge < -0.3 is 20.3 Å². The van der Waals surface area contributed by atoms with Gasteiger partial charge in [-0.1, -0.05) is 321 Å². The number of unbranched alkanes of at least 4 members (excludes halogenated alkanes) is 49. The Morgan fingerprint density at radius 3 is 0.973 bits per heavy atom. The number of amides is 1. The summed E-state index contributed by atoms with van der Waals surface area (Å²) in [6.07, 6.45) is 78.0. The van der Waals surface area contributed by atoms with Gasteiger partial charge >= 0.3 is 5.97 Å². The molecule has 73 heavy (non-hydrogen) atoms. The number of aliphatic hydroxyl groups is 2. The first-order valence-electron chi connectivity index (χ1n) is 33.1. The number of hydrogen-bond acceptors (Lipinski definition) is 5. The number of allylic oxidation sites excluding steroid dienone is 3. The van der Waals surface area contributed by atoms with E-state index < -0.39 is 12.1 Å². The maximum atomic E-state index is 12.5. The Balaban J connectivity index is 3.47. The van der Waals surface area contributed by atoms with Gasteiger partial charge in [0.15, 0.2) is 0 Å². The van der Waals surface area contributed by atoms with Crippen LogP contribution in [0.3, 0.4) is 0 Å². The minimum absolute atomic E-state index is 0.000951. The Bertz CT molecular complexity index is 1140. The monoisotopic (exact) mass is 1030 g/mol. The molecule has 3 N–H and O–H groups in total. The van der Waals surface area contributed by atoms with Crippen molar-refractivity contribution in [2.45, 2.75) is 379 Å². The highest BCUT2D eigenvalue weighted by molar-refractivity contribution is 5.76. The Morgan fingerprint density at radius 1 is 0.370 bits per heavy atom. The van der Waals surface area contributed by atoms with E-state index in [1.54, 1.807) is 6.08 Å². The first kappa shape index (κ1) is 71.3. The summed E-state index contributed by atoms with van der Waals surface area (Å²) in [5.41, 5.74) is 0. The predicted molar refractivity (Wildman–Crippen MR) is 320 cm³/mol. The van der Waals surface area contributed by atoms with Crippen molar-refractivity contribution in [3.63, 3.8) is 0 Å². The summed E-state index contributed by atoms with van der Waals surface area (Å²) in [5, 5.41) is 23.2. The van der Waals surface area contributed by atoms with E-state index in [0.717, 1.165) is 64.2 Å². The quantitative estimate of drug-likeness (QED) is 0.0320. The maximum absolute atomic E-state index is 12.5. The molecule has 0 bridgehead atoms. The third kappa shape index (κ3) is 59.4. The van der Waals surface area contributed by atoms with E-state index in [-0.39, 0.29) is 18.5 Å². The molecule has 0 spiro atoms. The number of nitrogens with one attached hydrogen (secondary N) is 1. The molecule has 0 radical (unpaired) electrons. The average Bonchev–Trinajstić information content (AvgIpc) is 3.39. The molecule has 0 saturated carbocycles. The topological polar surface area (TPSA) is 95.9 Å². The predicted octanol–water partition coefficient (Wildman–Crippen LogP) is 21.0. The highest BCUT2D eigenvalue weighted by atomic mass is 16.5. The largest absolute Gasteiger partial charge is 0.466 e. The van der Waals surface area contributed by atoms with Gasteiger partial charge in [-0.2, -0.15) is 0 Å². The van der Waals surface area contributed by atoms with Crippen LogP contribution in [0.25, 0.3) is 0 Å². The highest BCUT2D eigenvalue weighted by Crippen LogP contribution is 2.18. The molecule has 2 atom stereocenters. The van der Waals surface area contributed by atoms with Crippen molar-refractivity contribution in [2.75, 3.05) is 13.2 Å². The number of esters is 1. The fourth-order valence-electron chi connectivity index (χ4n) is 10.4. The van der Waals surface area contributed by atoms with Crippen molar-refractivity contribution in [2.24, 2.45) is 0 Å². The standard InChI is InChI=1S/C67H129NO5/c1-3-5-7-9-11-13-15-17-19-21-22-23-24-25-26-28-31-35-39-43-47-51-55-59-65(70)64(63-69)68-66(71)60-56-52-48-44-40-36-32-29-30-34-38-42-46-50-54-58-62-73-67(72)61-57-53-49-45-41-37-33-27-20-18-16-14-12-10-8-6-4-2/h29,32,55,59,64-65,69-70H,3-28,30-31,33-54,56-58,60-63H2,1-2H3,(H,68,71)/b32-29-,59-55+. The van der Waals surface area contributed by atoms with E-state index in [9.17, 15) is 19.8 Å². The molecular formula is C67H129NO5. The zero-order valence-corrected chi connectivity index (χ0v) is 49.4. The van der Waals surface area contributed by atoms with E-state index in [1.807, 2.05) is 6.08 Å². The van der Waals surface area contributed by atoms with Gasteiger partial charge in [-0.25, -0.2) is 0 Å². The van der Waals surface area contributed by atoms with E-state index >= 15 is 0 Å². The molecule has 6 heteroatoms. The highest BCUT2D eigenvalue weighted by Gasteiger charge is 2.18. The Kier molecular flexibility index (Phi) is 61.4. The fourth-order valence-corrected chi connectivity index (χ4v) is 10.4. The molecule has 432 valence electrons. The van der Waals surface area contributed by atoms with Crippen LogP contribution in [0, 0.1) is 0 Å². The molecule has 1 amide bonds. The number of carbonyl (C=O) groups excluding carboxylic acids is 2. The van der Waals surface area contributed by atoms with E-state index in [0.29, 0.717) is 19.4 Å². The zero-order valence-electron chi connectivity index (χ0n) is 49.4. The molecule has 0 aliphatic rings. The molecule has 0 aromatic carbocycles. The molecular weight excluding hydrogens is 899 g/mol. The van der Waals surface area contributed by atoms with Gasteiger partial charge in [0.05, 0.1) is 25.4 Å². The number of ether oxygens (including phenoxy) is 1. The second-order valence-electron chi connectivity index (χ2n) is 22.8. The summed E-state index contributed by atoms with van der Waals surface area (Å²) in [6.45, 7) is 4.92. The van der Waals surface area contributed by atoms with E-state index in [4.69, 9.17) is 4.74 Å². The number of hydrogen-bond donors (Lipinski definition) is 3. The summed E-state index contributed by atoms with van der Waals surface area (Å²) in [4.78, 5) is 24.6. The Labute approximate surface area is 456 Å². The molecule has 6 nitrogen and oxygen atoms in total. The molecule has 0 aromatic rings. The van der Waals surface area contributed by atoms with Crippen LogP contribution in [0.15, 0.2) is 24.3 Å². The van der Waals surface area contributed by atoms with E-state index in [2.05, 4.69) is 31.3 Å². The summed E-state index contributed by atoms with van der Waals surface area (Å²) in [6, 6.07) is -0.641. The lowest BCUT2D eigenvalue weighted by Gasteiger charge is -2.20. The first-order chi connectivity index (χ1) is 36.0. The molecule has 0 aromatic heterocycles. The third-order valence-electron chi connectivity index (χ3n) is 15.5. The zero-order chi connectivity index (χ0) is 52.9. The fraction of sp³-hybridized carbons (Fsp3) is 0.910. The van der Waals surface area contributed by atoms with Crippen molar-refractivity contribution >= 4 is 11.9 Å². The van der Waals surface area contributed by atoms with Crippen molar-refractivity contribution in [3.8, 4) is 0 Å². The van der Waals surface area contributed by atoms with Crippen LogP contribution in [-0.2, 0) is 14.3 Å². The van der Waals surface area contributed by atoms with Gasteiger partial charge in [0.25, 0.3) is 0 Å². The minimum atomic E-state index is -0.856. The molecule has 0 fully saturated rings. The molecule has 0 rings (SSSR count). The second kappa shape index (κ2) is 62.9. The molecule has 2 unspecified atom stereocenters. The summed E-state index contributed by atoms with van der Waals surface area (Å²) < 4.78 is 5.49. The second-order valence-corrected chi connectivity index (χ2v) is 22.8. The van der Waals surface area contributed by atoms with Gasteiger partial charge in [0, 0.05) is 12.8 Å². The third-order valence-corrected chi connectivity index (χ3v) is 15.5. The smallest absolute Gasteiger partial charge is 0.305 e. The van der Waals surface area contributed by atoms with Crippen LogP contribution in [-0.4, -0.2) is 47.4 Å². The number of rotatable bonds is 62. The van der Waals surface area contributed by atoms with Crippen LogP contribution >= 0.6 is 0 Å². The lowest BCUT2D eigenvalue weighted by atomic mass is 10.0. The van der Waals surface area contributed by atoms with Gasteiger partial charge in [-0.3, -0.25) is 9.59 Å². The minimum Gasteiger partial charge on any atom is -0.466 e. The molecule has 0 aliphatic carbocycles. The molecule has 0 saturated heterocycles. The number of carbonyl (C=O) groups is 2. The normalized spacial score (nSPS) is 12.7. The first-order valence-corrected chi connectivity index (χ1v) is 33.1. The van der Waals surface area contributed by atoms with Gasteiger partial charge in [-0.05, 0) is 57.8 Å². The van der Waals surface area contributed by atoms with Crippen LogP contribution in [0.5, 0.6) is 0 Å². The maximum Gasteiger partial charge on any atom is 0.305 e. The van der Waals surface area contributed by atoms with Crippen molar-refractivity contribution in [1.29, 1.82) is 0 Å². The van der Waals surface area contributed by atoms with E-state index in [1.165, 1.54) is 276 Å². The van der Waals surface area contributed by atoms with Crippen molar-refractivity contribution < 1.29 is 24.5 Å². The SMILES string of the molecule is CCCCCCCCCCCCCCCCCCCCCCC/C=C/C(O)C(CO)NC(=O)CCCCCCC/C=C\CCCCCCCCCOC(=O)CCCCCCCCCCCCCCCCCCC. The van der Waals surface area contributed by atoms with Crippen molar-refractivity contribution in [3.05, 3.63) is 24.3 Å². The lowest BCUT2D eigenvalue weighted by Crippen LogP contribution is -2.45. The molecule has 0 heterocycles.